The molecule has 0 aromatic carbocycles. The Labute approximate surface area is 130 Å². The van der Waals surface area contributed by atoms with E-state index in [9.17, 15) is 9.59 Å². The third-order valence-electron chi connectivity index (χ3n) is 3.72. The highest BCUT2D eigenvalue weighted by molar-refractivity contribution is 5.89. The summed E-state index contributed by atoms with van der Waals surface area (Å²) < 4.78 is 0. The molecule has 0 radical (unpaired) electrons. The molecule has 0 spiro atoms. The molecule has 1 aromatic heterocycles. The fraction of sp³-hybridized carbons (Fsp3) is 0.600. The Morgan fingerprint density at radius 2 is 1.91 bits per heavy atom. The molecule has 0 bridgehead atoms. The standard InChI is InChI=1S/C15H23N5O2/c1-3-4-5-15(22)16-13-6-7-14(18-17-13)20-10-8-19(9-11-20)12(2)21/h6-7H,3-5,8-11H2,1-2H3,(H,16,17,22). The summed E-state index contributed by atoms with van der Waals surface area (Å²) in [5, 5.41) is 11.0. The first-order valence-electron chi connectivity index (χ1n) is 7.74. The van der Waals surface area contributed by atoms with Crippen LogP contribution in [0, 0.1) is 0 Å². The molecule has 1 aliphatic rings. The van der Waals surface area contributed by atoms with E-state index >= 15 is 0 Å². The van der Waals surface area contributed by atoms with Crippen molar-refractivity contribution in [2.45, 2.75) is 33.1 Å². The van der Waals surface area contributed by atoms with E-state index in [0.717, 1.165) is 31.7 Å². The van der Waals surface area contributed by atoms with Crippen LogP contribution in [0.15, 0.2) is 12.1 Å². The van der Waals surface area contributed by atoms with Gasteiger partial charge in [-0.2, -0.15) is 0 Å². The molecule has 2 rings (SSSR count). The van der Waals surface area contributed by atoms with Gasteiger partial charge in [0.1, 0.15) is 0 Å². The van der Waals surface area contributed by atoms with Crippen molar-refractivity contribution in [1.82, 2.24) is 15.1 Å². The molecule has 1 saturated heterocycles. The summed E-state index contributed by atoms with van der Waals surface area (Å²) in [6.07, 6.45) is 2.37. The summed E-state index contributed by atoms with van der Waals surface area (Å²) in [6, 6.07) is 3.62. The van der Waals surface area contributed by atoms with Gasteiger partial charge in [-0.05, 0) is 18.6 Å². The normalized spacial score (nSPS) is 14.8. The molecule has 7 nitrogen and oxygen atoms in total. The van der Waals surface area contributed by atoms with Crippen molar-refractivity contribution in [1.29, 1.82) is 0 Å². The minimum absolute atomic E-state index is 0.0287. The minimum atomic E-state index is -0.0287. The fourth-order valence-corrected chi connectivity index (χ4v) is 2.35. The topological polar surface area (TPSA) is 78.4 Å². The van der Waals surface area contributed by atoms with Gasteiger partial charge in [0.15, 0.2) is 11.6 Å². The number of amides is 2. The predicted octanol–water partition coefficient (Wildman–Crippen LogP) is 1.27. The largest absolute Gasteiger partial charge is 0.352 e. The summed E-state index contributed by atoms with van der Waals surface area (Å²) in [4.78, 5) is 26.9. The van der Waals surface area contributed by atoms with Crippen LogP contribution in [0.25, 0.3) is 0 Å². The van der Waals surface area contributed by atoms with E-state index in [1.165, 1.54) is 0 Å². The van der Waals surface area contributed by atoms with E-state index < -0.39 is 0 Å². The Morgan fingerprint density at radius 1 is 1.18 bits per heavy atom. The van der Waals surface area contributed by atoms with Gasteiger partial charge in [0, 0.05) is 39.5 Å². The summed E-state index contributed by atoms with van der Waals surface area (Å²) in [5.74, 6) is 1.33. The number of unbranched alkanes of at least 4 members (excludes halogenated alkanes) is 1. The smallest absolute Gasteiger partial charge is 0.225 e. The van der Waals surface area contributed by atoms with E-state index in [4.69, 9.17) is 0 Å². The molecule has 1 aliphatic heterocycles. The zero-order valence-electron chi connectivity index (χ0n) is 13.2. The Bertz CT molecular complexity index is 509. The molecule has 120 valence electrons. The first kappa shape index (κ1) is 16.2. The highest BCUT2D eigenvalue weighted by atomic mass is 16.2. The molecule has 2 amide bonds. The average Bonchev–Trinajstić information content (AvgIpc) is 2.54. The van der Waals surface area contributed by atoms with Crippen molar-refractivity contribution in [2.75, 3.05) is 36.4 Å². The number of anilines is 2. The van der Waals surface area contributed by atoms with Gasteiger partial charge < -0.3 is 15.1 Å². The van der Waals surface area contributed by atoms with Crippen LogP contribution >= 0.6 is 0 Å². The van der Waals surface area contributed by atoms with E-state index in [2.05, 4.69) is 20.4 Å². The van der Waals surface area contributed by atoms with Crippen LogP contribution in [-0.4, -0.2) is 53.1 Å². The zero-order valence-corrected chi connectivity index (χ0v) is 13.2. The maximum Gasteiger partial charge on any atom is 0.225 e. The second-order valence-electron chi connectivity index (χ2n) is 5.42. The third-order valence-corrected chi connectivity index (χ3v) is 3.72. The van der Waals surface area contributed by atoms with Gasteiger partial charge in [-0.3, -0.25) is 9.59 Å². The Hall–Kier alpha value is -2.18. The number of nitrogens with zero attached hydrogens (tertiary/aromatic N) is 4. The fourth-order valence-electron chi connectivity index (χ4n) is 2.35. The molecule has 7 heteroatoms. The first-order chi connectivity index (χ1) is 10.6. The molecule has 1 N–H and O–H groups in total. The van der Waals surface area contributed by atoms with Crippen molar-refractivity contribution < 1.29 is 9.59 Å². The second-order valence-corrected chi connectivity index (χ2v) is 5.42. The van der Waals surface area contributed by atoms with E-state index in [-0.39, 0.29) is 11.8 Å². The number of carbonyl (C=O) groups is 2. The number of aromatic nitrogens is 2. The molecule has 0 aliphatic carbocycles. The van der Waals surface area contributed by atoms with Crippen LogP contribution in [-0.2, 0) is 9.59 Å². The first-order valence-corrected chi connectivity index (χ1v) is 7.74. The van der Waals surface area contributed by atoms with Gasteiger partial charge in [-0.1, -0.05) is 13.3 Å². The minimum Gasteiger partial charge on any atom is -0.352 e. The van der Waals surface area contributed by atoms with Gasteiger partial charge in [0.05, 0.1) is 0 Å². The van der Waals surface area contributed by atoms with Gasteiger partial charge >= 0.3 is 0 Å². The van der Waals surface area contributed by atoms with Crippen molar-refractivity contribution in [3.05, 3.63) is 12.1 Å². The SMILES string of the molecule is CCCCC(=O)Nc1ccc(N2CCN(C(C)=O)CC2)nn1. The summed E-state index contributed by atoms with van der Waals surface area (Å²) in [6.45, 7) is 6.53. The molecule has 2 heterocycles. The molecular formula is C15H23N5O2. The molecule has 1 aromatic rings. The number of rotatable bonds is 5. The molecule has 0 saturated carbocycles. The lowest BCUT2D eigenvalue weighted by Crippen LogP contribution is -2.48. The van der Waals surface area contributed by atoms with Gasteiger partial charge in [0.2, 0.25) is 11.8 Å². The van der Waals surface area contributed by atoms with Crippen molar-refractivity contribution in [3.8, 4) is 0 Å². The number of carbonyl (C=O) groups excluding carboxylic acids is 2. The van der Waals surface area contributed by atoms with Crippen LogP contribution < -0.4 is 10.2 Å². The number of nitrogens with one attached hydrogen (secondary N) is 1. The molecular weight excluding hydrogens is 282 g/mol. The number of hydrogen-bond acceptors (Lipinski definition) is 5. The highest BCUT2D eigenvalue weighted by Crippen LogP contribution is 2.14. The van der Waals surface area contributed by atoms with E-state index in [1.807, 2.05) is 17.9 Å². The maximum atomic E-state index is 11.6. The maximum absolute atomic E-state index is 11.6. The van der Waals surface area contributed by atoms with Crippen LogP contribution in [0.2, 0.25) is 0 Å². The van der Waals surface area contributed by atoms with Crippen molar-refractivity contribution in [2.24, 2.45) is 0 Å². The molecule has 0 unspecified atom stereocenters. The zero-order chi connectivity index (χ0) is 15.9. The Kier molecular flexibility index (Phi) is 5.68. The Balaban J connectivity index is 1.87. The molecule has 22 heavy (non-hydrogen) atoms. The molecule has 1 fully saturated rings. The van der Waals surface area contributed by atoms with E-state index in [0.29, 0.717) is 25.3 Å². The molecule has 0 atom stereocenters. The van der Waals surface area contributed by atoms with Crippen LogP contribution in [0.1, 0.15) is 33.1 Å². The highest BCUT2D eigenvalue weighted by Gasteiger charge is 2.19. The summed E-state index contributed by atoms with van der Waals surface area (Å²) in [7, 11) is 0. The summed E-state index contributed by atoms with van der Waals surface area (Å²) >= 11 is 0. The average molecular weight is 305 g/mol. The van der Waals surface area contributed by atoms with Crippen molar-refractivity contribution >= 4 is 23.5 Å². The van der Waals surface area contributed by atoms with E-state index in [1.54, 1.807) is 13.0 Å². The number of piperazine rings is 1. The van der Waals surface area contributed by atoms with Gasteiger partial charge in [-0.15, -0.1) is 10.2 Å². The third kappa shape index (κ3) is 4.41. The van der Waals surface area contributed by atoms with Crippen LogP contribution in [0.5, 0.6) is 0 Å². The predicted molar refractivity (Wildman–Crippen MR) is 84.7 cm³/mol. The lowest BCUT2D eigenvalue weighted by molar-refractivity contribution is -0.129. The number of hydrogen-bond donors (Lipinski definition) is 1. The Morgan fingerprint density at radius 3 is 2.45 bits per heavy atom. The van der Waals surface area contributed by atoms with Gasteiger partial charge in [0.25, 0.3) is 0 Å². The second kappa shape index (κ2) is 7.72. The van der Waals surface area contributed by atoms with Crippen molar-refractivity contribution in [3.63, 3.8) is 0 Å². The summed E-state index contributed by atoms with van der Waals surface area (Å²) in [5.41, 5.74) is 0. The van der Waals surface area contributed by atoms with Gasteiger partial charge in [-0.25, -0.2) is 0 Å². The lowest BCUT2D eigenvalue weighted by Gasteiger charge is -2.34. The van der Waals surface area contributed by atoms with Crippen LogP contribution in [0.3, 0.4) is 0 Å². The quantitative estimate of drug-likeness (QED) is 0.886. The lowest BCUT2D eigenvalue weighted by atomic mass is 10.2. The van der Waals surface area contributed by atoms with Crippen LogP contribution in [0.4, 0.5) is 11.6 Å². The monoisotopic (exact) mass is 305 g/mol.